The van der Waals surface area contributed by atoms with Crippen molar-refractivity contribution in [3.8, 4) is 22.2 Å². The number of halogens is 1. The molecule has 0 radical (unpaired) electrons. The van der Waals surface area contributed by atoms with E-state index in [0.717, 1.165) is 26.9 Å². The minimum absolute atomic E-state index is 0.683. The Hall–Kier alpha value is -1.99. The van der Waals surface area contributed by atoms with Crippen LogP contribution in [0.2, 0.25) is 0 Å². The first-order valence-corrected chi connectivity index (χ1v) is 7.87. The van der Waals surface area contributed by atoms with Gasteiger partial charge in [-0.05, 0) is 40.5 Å². The highest BCUT2D eigenvalue weighted by molar-refractivity contribution is 9.10. The summed E-state index contributed by atoms with van der Waals surface area (Å²) in [6, 6.07) is 11.8. The van der Waals surface area contributed by atoms with Gasteiger partial charge in [0.25, 0.3) is 0 Å². The molecule has 5 nitrogen and oxygen atoms in total. The second kappa shape index (κ2) is 4.78. The summed E-state index contributed by atoms with van der Waals surface area (Å²) >= 11 is 4.75. The molecule has 0 amide bonds. The van der Waals surface area contributed by atoms with Crippen LogP contribution in [0.1, 0.15) is 5.56 Å². The van der Waals surface area contributed by atoms with Gasteiger partial charge in [0.2, 0.25) is 4.96 Å². The van der Waals surface area contributed by atoms with E-state index in [4.69, 9.17) is 4.42 Å². The summed E-state index contributed by atoms with van der Waals surface area (Å²) in [5.74, 6) is 1.46. The highest BCUT2D eigenvalue weighted by atomic mass is 79.9. The van der Waals surface area contributed by atoms with Gasteiger partial charge in [-0.15, -0.1) is 15.3 Å². The molecule has 1 aromatic carbocycles. The maximum atomic E-state index is 5.54. The third-order valence-corrected chi connectivity index (χ3v) is 4.50. The van der Waals surface area contributed by atoms with Crippen molar-refractivity contribution in [1.29, 1.82) is 0 Å². The van der Waals surface area contributed by atoms with E-state index in [-0.39, 0.29) is 0 Å². The molecule has 7 heteroatoms. The van der Waals surface area contributed by atoms with Crippen LogP contribution in [-0.2, 0) is 0 Å². The van der Waals surface area contributed by atoms with Crippen molar-refractivity contribution in [3.05, 3.63) is 46.6 Å². The molecular formula is C14H9BrN4OS. The predicted molar refractivity (Wildman–Crippen MR) is 84.2 cm³/mol. The fourth-order valence-electron chi connectivity index (χ4n) is 2.14. The van der Waals surface area contributed by atoms with Crippen LogP contribution < -0.4 is 0 Å². The lowest BCUT2D eigenvalue weighted by Crippen LogP contribution is -1.92. The topological polar surface area (TPSA) is 56.2 Å². The van der Waals surface area contributed by atoms with Crippen LogP contribution in [0.15, 0.2) is 45.5 Å². The zero-order valence-corrected chi connectivity index (χ0v) is 13.3. The van der Waals surface area contributed by atoms with Gasteiger partial charge in [-0.25, -0.2) is 0 Å². The SMILES string of the molecule is Cc1ccccc1-c1nnc2sc(-c3ccc(Br)o3)nn12. The van der Waals surface area contributed by atoms with Crippen molar-refractivity contribution in [2.24, 2.45) is 0 Å². The van der Waals surface area contributed by atoms with Gasteiger partial charge in [0.15, 0.2) is 21.3 Å². The standard InChI is InChI=1S/C14H9BrN4OS/c1-8-4-2-3-5-9(8)12-16-17-14-19(12)18-13(21-14)10-6-7-11(15)20-10/h2-7H,1H3. The summed E-state index contributed by atoms with van der Waals surface area (Å²) in [6.07, 6.45) is 0. The molecule has 3 heterocycles. The molecule has 0 aliphatic rings. The largest absolute Gasteiger partial charge is 0.447 e. The Balaban J connectivity index is 1.89. The highest BCUT2D eigenvalue weighted by Crippen LogP contribution is 2.31. The minimum atomic E-state index is 0.683. The molecule has 0 saturated heterocycles. The Kier molecular flexibility index (Phi) is 2.90. The van der Waals surface area contributed by atoms with E-state index in [9.17, 15) is 0 Å². The normalized spacial score (nSPS) is 11.3. The quantitative estimate of drug-likeness (QED) is 0.537. The number of nitrogens with zero attached hydrogens (tertiary/aromatic N) is 4. The van der Waals surface area contributed by atoms with E-state index < -0.39 is 0 Å². The summed E-state index contributed by atoms with van der Waals surface area (Å²) in [4.78, 5) is 0.746. The molecule has 0 spiro atoms. The van der Waals surface area contributed by atoms with Crippen LogP contribution in [-0.4, -0.2) is 19.8 Å². The summed E-state index contributed by atoms with van der Waals surface area (Å²) in [5, 5.41) is 13.8. The predicted octanol–water partition coefficient (Wildman–Crippen LogP) is 4.18. The van der Waals surface area contributed by atoms with Gasteiger partial charge in [-0.2, -0.15) is 4.52 Å². The molecule has 0 unspecified atom stereocenters. The number of hydrogen-bond donors (Lipinski definition) is 0. The second-order valence-electron chi connectivity index (χ2n) is 4.54. The maximum absolute atomic E-state index is 5.54. The lowest BCUT2D eigenvalue weighted by Gasteiger charge is -2.00. The zero-order chi connectivity index (χ0) is 14.4. The van der Waals surface area contributed by atoms with Crippen LogP contribution in [0.4, 0.5) is 0 Å². The van der Waals surface area contributed by atoms with Gasteiger partial charge in [-0.1, -0.05) is 35.6 Å². The summed E-state index contributed by atoms with van der Waals surface area (Å²) < 4.78 is 7.99. The zero-order valence-electron chi connectivity index (χ0n) is 10.9. The monoisotopic (exact) mass is 360 g/mol. The smallest absolute Gasteiger partial charge is 0.235 e. The number of aromatic nitrogens is 4. The third-order valence-electron chi connectivity index (χ3n) is 3.16. The molecule has 4 rings (SSSR count). The van der Waals surface area contributed by atoms with Crippen LogP contribution in [0.5, 0.6) is 0 Å². The molecule has 0 saturated carbocycles. The Morgan fingerprint density at radius 2 is 2.00 bits per heavy atom. The van der Waals surface area contributed by atoms with Gasteiger partial charge in [0.05, 0.1) is 0 Å². The van der Waals surface area contributed by atoms with Crippen molar-refractivity contribution >= 4 is 32.2 Å². The van der Waals surface area contributed by atoms with Gasteiger partial charge in [-0.3, -0.25) is 0 Å². The van der Waals surface area contributed by atoms with Crippen molar-refractivity contribution in [2.45, 2.75) is 6.92 Å². The average molecular weight is 361 g/mol. The van der Waals surface area contributed by atoms with Crippen molar-refractivity contribution in [3.63, 3.8) is 0 Å². The number of rotatable bonds is 2. The molecule has 4 aromatic rings. The van der Waals surface area contributed by atoms with Gasteiger partial charge in [0.1, 0.15) is 0 Å². The lowest BCUT2D eigenvalue weighted by molar-refractivity contribution is 0.554. The fraction of sp³-hybridized carbons (Fsp3) is 0.0714. The highest BCUT2D eigenvalue weighted by Gasteiger charge is 2.17. The first-order chi connectivity index (χ1) is 10.2. The van der Waals surface area contributed by atoms with E-state index in [1.807, 2.05) is 43.3 Å². The number of furan rings is 1. The maximum Gasteiger partial charge on any atom is 0.235 e. The second-order valence-corrected chi connectivity index (χ2v) is 6.28. The average Bonchev–Trinajstić information content (AvgIpc) is 3.14. The Labute approximate surface area is 132 Å². The Morgan fingerprint density at radius 1 is 1.14 bits per heavy atom. The molecular weight excluding hydrogens is 352 g/mol. The van der Waals surface area contributed by atoms with E-state index in [1.165, 1.54) is 11.3 Å². The first kappa shape index (κ1) is 12.7. The molecule has 0 aliphatic carbocycles. The van der Waals surface area contributed by atoms with Crippen LogP contribution in [0, 0.1) is 6.92 Å². The van der Waals surface area contributed by atoms with Crippen molar-refractivity contribution < 1.29 is 4.42 Å². The first-order valence-electron chi connectivity index (χ1n) is 6.26. The molecule has 0 fully saturated rings. The number of fused-ring (bicyclic) bond motifs is 1. The van der Waals surface area contributed by atoms with Crippen LogP contribution in [0.25, 0.3) is 27.1 Å². The molecule has 0 N–H and O–H groups in total. The number of benzene rings is 1. The van der Waals surface area contributed by atoms with E-state index in [0.29, 0.717) is 10.4 Å². The Morgan fingerprint density at radius 3 is 2.76 bits per heavy atom. The van der Waals surface area contributed by atoms with Gasteiger partial charge < -0.3 is 4.42 Å². The third kappa shape index (κ3) is 2.09. The lowest BCUT2D eigenvalue weighted by atomic mass is 10.1. The van der Waals surface area contributed by atoms with Crippen molar-refractivity contribution in [2.75, 3.05) is 0 Å². The molecule has 0 aliphatic heterocycles. The molecule has 104 valence electrons. The van der Waals surface area contributed by atoms with Gasteiger partial charge >= 0.3 is 0 Å². The molecule has 21 heavy (non-hydrogen) atoms. The summed E-state index contributed by atoms with van der Waals surface area (Å²) in [7, 11) is 0. The van der Waals surface area contributed by atoms with Crippen LogP contribution in [0.3, 0.4) is 0 Å². The summed E-state index contributed by atoms with van der Waals surface area (Å²) in [6.45, 7) is 2.05. The Bertz CT molecular complexity index is 939. The van der Waals surface area contributed by atoms with E-state index >= 15 is 0 Å². The molecule has 0 bridgehead atoms. The molecule has 0 atom stereocenters. The van der Waals surface area contributed by atoms with E-state index in [1.54, 1.807) is 4.52 Å². The summed E-state index contributed by atoms with van der Waals surface area (Å²) in [5.41, 5.74) is 2.17. The number of hydrogen-bond acceptors (Lipinski definition) is 5. The van der Waals surface area contributed by atoms with Gasteiger partial charge in [0, 0.05) is 5.56 Å². The fourth-order valence-corrected chi connectivity index (χ4v) is 3.25. The van der Waals surface area contributed by atoms with Crippen LogP contribution >= 0.6 is 27.3 Å². The number of aryl methyl sites for hydroxylation is 1. The van der Waals surface area contributed by atoms with E-state index in [2.05, 4.69) is 31.2 Å². The van der Waals surface area contributed by atoms with Crippen molar-refractivity contribution in [1.82, 2.24) is 19.8 Å². The minimum Gasteiger partial charge on any atom is -0.447 e. The molecule has 3 aromatic heterocycles.